The zero-order valence-corrected chi connectivity index (χ0v) is 13.6. The first-order chi connectivity index (χ1) is 10.1. The highest BCUT2D eigenvalue weighted by atomic mass is 79.9. The van der Waals surface area contributed by atoms with Crippen molar-refractivity contribution in [1.82, 2.24) is 0 Å². The molecule has 0 radical (unpaired) electrons. The number of hydrogen-bond acceptors (Lipinski definition) is 3. The van der Waals surface area contributed by atoms with Gasteiger partial charge in [0.15, 0.2) is 0 Å². The van der Waals surface area contributed by atoms with Gasteiger partial charge in [0.2, 0.25) is 0 Å². The van der Waals surface area contributed by atoms with Crippen LogP contribution in [0.1, 0.15) is 11.1 Å². The van der Waals surface area contributed by atoms with Crippen molar-refractivity contribution in [1.29, 1.82) is 0 Å². The molecule has 0 fully saturated rings. The van der Waals surface area contributed by atoms with E-state index >= 15 is 0 Å². The van der Waals surface area contributed by atoms with Gasteiger partial charge in [-0.2, -0.15) is 0 Å². The fraction of sp³-hybridized carbons (Fsp3) is 0.235. The lowest BCUT2D eigenvalue weighted by Crippen LogP contribution is -2.08. The summed E-state index contributed by atoms with van der Waals surface area (Å²) in [7, 11) is 3.23. The van der Waals surface area contributed by atoms with Crippen LogP contribution in [0.25, 0.3) is 0 Å². The van der Waals surface area contributed by atoms with Crippen LogP contribution in [0, 0.1) is 0 Å². The molecular formula is C17H17BrO3. The van der Waals surface area contributed by atoms with Gasteiger partial charge in [-0.25, -0.2) is 0 Å². The third kappa shape index (κ3) is 4.33. The molecule has 2 rings (SSSR count). The fourth-order valence-electron chi connectivity index (χ4n) is 2.17. The molecule has 0 N–H and O–H groups in total. The minimum atomic E-state index is 0.139. The van der Waals surface area contributed by atoms with Gasteiger partial charge in [0, 0.05) is 22.9 Å². The van der Waals surface area contributed by atoms with Gasteiger partial charge in [0.25, 0.3) is 0 Å². The molecule has 4 heteroatoms. The SMILES string of the molecule is COc1cccc(CC(=O)Cc2cc(Br)ccc2OC)c1. The van der Waals surface area contributed by atoms with E-state index in [4.69, 9.17) is 9.47 Å². The van der Waals surface area contributed by atoms with E-state index in [0.717, 1.165) is 27.1 Å². The van der Waals surface area contributed by atoms with E-state index in [-0.39, 0.29) is 5.78 Å². The maximum atomic E-state index is 12.2. The molecule has 0 unspecified atom stereocenters. The average molecular weight is 349 g/mol. The summed E-state index contributed by atoms with van der Waals surface area (Å²) >= 11 is 3.42. The number of carbonyl (C=O) groups is 1. The maximum absolute atomic E-state index is 12.2. The second kappa shape index (κ2) is 7.27. The van der Waals surface area contributed by atoms with Crippen LogP contribution in [0.2, 0.25) is 0 Å². The van der Waals surface area contributed by atoms with E-state index in [1.165, 1.54) is 0 Å². The first-order valence-electron chi connectivity index (χ1n) is 6.59. The molecule has 2 aromatic rings. The van der Waals surface area contributed by atoms with Gasteiger partial charge in [0.1, 0.15) is 17.3 Å². The van der Waals surface area contributed by atoms with Crippen LogP contribution in [-0.4, -0.2) is 20.0 Å². The van der Waals surface area contributed by atoms with Gasteiger partial charge >= 0.3 is 0 Å². The third-order valence-corrected chi connectivity index (χ3v) is 3.66. The zero-order valence-electron chi connectivity index (χ0n) is 12.1. The monoisotopic (exact) mass is 348 g/mol. The number of methoxy groups -OCH3 is 2. The smallest absolute Gasteiger partial charge is 0.141 e. The van der Waals surface area contributed by atoms with Gasteiger partial charge in [-0.15, -0.1) is 0 Å². The molecule has 0 saturated heterocycles. The highest BCUT2D eigenvalue weighted by Gasteiger charge is 2.10. The van der Waals surface area contributed by atoms with Crippen molar-refractivity contribution in [3.63, 3.8) is 0 Å². The number of halogens is 1. The van der Waals surface area contributed by atoms with Crippen molar-refractivity contribution in [2.75, 3.05) is 14.2 Å². The highest BCUT2D eigenvalue weighted by Crippen LogP contribution is 2.24. The second-order valence-electron chi connectivity index (χ2n) is 4.70. The Bertz CT molecular complexity index is 638. The van der Waals surface area contributed by atoms with E-state index in [1.54, 1.807) is 14.2 Å². The van der Waals surface area contributed by atoms with Crippen LogP contribution < -0.4 is 9.47 Å². The Morgan fingerprint density at radius 2 is 1.86 bits per heavy atom. The number of hydrogen-bond donors (Lipinski definition) is 0. The van der Waals surface area contributed by atoms with Crippen LogP contribution >= 0.6 is 15.9 Å². The molecule has 0 amide bonds. The summed E-state index contributed by atoms with van der Waals surface area (Å²) in [5.41, 5.74) is 1.84. The zero-order chi connectivity index (χ0) is 15.2. The lowest BCUT2D eigenvalue weighted by Gasteiger charge is -2.09. The molecule has 110 valence electrons. The summed E-state index contributed by atoms with van der Waals surface area (Å²) in [6.45, 7) is 0. The van der Waals surface area contributed by atoms with Gasteiger partial charge in [-0.1, -0.05) is 28.1 Å². The molecule has 0 aliphatic carbocycles. The Labute approximate surface area is 133 Å². The Hall–Kier alpha value is -1.81. The molecular weight excluding hydrogens is 332 g/mol. The van der Waals surface area contributed by atoms with Crippen LogP contribution in [0.3, 0.4) is 0 Å². The summed E-state index contributed by atoms with van der Waals surface area (Å²) in [5.74, 6) is 1.64. The number of Topliss-reactive ketones (excluding diaryl/α,β-unsaturated/α-hetero) is 1. The van der Waals surface area contributed by atoms with E-state index in [9.17, 15) is 4.79 Å². The van der Waals surface area contributed by atoms with Crippen molar-refractivity contribution in [3.05, 3.63) is 58.1 Å². The minimum absolute atomic E-state index is 0.139. The molecule has 2 aromatic carbocycles. The quantitative estimate of drug-likeness (QED) is 0.795. The number of benzene rings is 2. The largest absolute Gasteiger partial charge is 0.497 e. The first-order valence-corrected chi connectivity index (χ1v) is 7.38. The van der Waals surface area contributed by atoms with E-state index < -0.39 is 0 Å². The Kier molecular flexibility index (Phi) is 5.39. The average Bonchev–Trinajstić information content (AvgIpc) is 2.47. The predicted molar refractivity (Wildman–Crippen MR) is 86.1 cm³/mol. The maximum Gasteiger partial charge on any atom is 0.141 e. The lowest BCUT2D eigenvalue weighted by molar-refractivity contribution is -0.117. The van der Waals surface area contributed by atoms with Crippen LogP contribution in [-0.2, 0) is 17.6 Å². The third-order valence-electron chi connectivity index (χ3n) is 3.17. The van der Waals surface area contributed by atoms with Gasteiger partial charge < -0.3 is 9.47 Å². The fourth-order valence-corrected chi connectivity index (χ4v) is 2.58. The van der Waals surface area contributed by atoms with Crippen molar-refractivity contribution < 1.29 is 14.3 Å². The molecule has 0 aliphatic rings. The van der Waals surface area contributed by atoms with Crippen LogP contribution in [0.4, 0.5) is 0 Å². The summed E-state index contributed by atoms with van der Waals surface area (Å²) in [4.78, 5) is 12.2. The Balaban J connectivity index is 2.09. The van der Waals surface area contributed by atoms with Crippen molar-refractivity contribution in [2.24, 2.45) is 0 Å². The van der Waals surface area contributed by atoms with Crippen molar-refractivity contribution >= 4 is 21.7 Å². The first kappa shape index (κ1) is 15.6. The van der Waals surface area contributed by atoms with E-state index in [2.05, 4.69) is 15.9 Å². The highest BCUT2D eigenvalue weighted by molar-refractivity contribution is 9.10. The Morgan fingerprint density at radius 1 is 1.05 bits per heavy atom. The number of ketones is 1. The van der Waals surface area contributed by atoms with E-state index in [1.807, 2.05) is 42.5 Å². The van der Waals surface area contributed by atoms with Crippen molar-refractivity contribution in [3.8, 4) is 11.5 Å². The number of rotatable bonds is 6. The summed E-state index contributed by atoms with van der Waals surface area (Å²) in [6, 6.07) is 13.2. The molecule has 0 saturated carbocycles. The normalized spacial score (nSPS) is 10.2. The van der Waals surface area contributed by atoms with Crippen LogP contribution in [0.5, 0.6) is 11.5 Å². The van der Waals surface area contributed by atoms with Crippen molar-refractivity contribution in [2.45, 2.75) is 12.8 Å². The lowest BCUT2D eigenvalue weighted by atomic mass is 10.0. The predicted octanol–water partition coefficient (Wildman–Crippen LogP) is 3.82. The molecule has 0 aliphatic heterocycles. The molecule has 0 aromatic heterocycles. The molecule has 0 atom stereocenters. The van der Waals surface area contributed by atoms with Gasteiger partial charge in [0.05, 0.1) is 14.2 Å². The summed E-state index contributed by atoms with van der Waals surface area (Å²) in [6.07, 6.45) is 0.729. The minimum Gasteiger partial charge on any atom is -0.497 e. The molecule has 3 nitrogen and oxygen atoms in total. The van der Waals surface area contributed by atoms with Gasteiger partial charge in [-0.3, -0.25) is 4.79 Å². The van der Waals surface area contributed by atoms with E-state index in [0.29, 0.717) is 12.8 Å². The standard InChI is InChI=1S/C17H17BrO3/c1-20-16-5-3-4-12(9-16)8-15(19)11-13-10-14(18)6-7-17(13)21-2/h3-7,9-10H,8,11H2,1-2H3. The van der Waals surface area contributed by atoms with Gasteiger partial charge in [-0.05, 0) is 35.9 Å². The summed E-state index contributed by atoms with van der Waals surface area (Å²) in [5, 5.41) is 0. The molecule has 0 bridgehead atoms. The second-order valence-corrected chi connectivity index (χ2v) is 5.62. The topological polar surface area (TPSA) is 35.5 Å². The Morgan fingerprint density at radius 3 is 2.57 bits per heavy atom. The number of carbonyl (C=O) groups excluding carboxylic acids is 1. The molecule has 0 spiro atoms. The molecule has 0 heterocycles. The molecule has 21 heavy (non-hydrogen) atoms. The van der Waals surface area contributed by atoms with Crippen LogP contribution in [0.15, 0.2) is 46.9 Å². The summed E-state index contributed by atoms with van der Waals surface area (Å²) < 4.78 is 11.4. The number of ether oxygens (including phenoxy) is 2.